The number of benzene rings is 1. The van der Waals surface area contributed by atoms with Gasteiger partial charge in [0.1, 0.15) is 5.75 Å². The third-order valence-corrected chi connectivity index (χ3v) is 4.79. The summed E-state index contributed by atoms with van der Waals surface area (Å²) in [4.78, 5) is 0.806. The molecule has 0 bridgehead atoms. The van der Waals surface area contributed by atoms with Crippen LogP contribution in [0.1, 0.15) is 12.8 Å². The fraction of sp³-hybridized carbons (Fsp3) is 0.500. The zero-order valence-corrected chi connectivity index (χ0v) is 10.7. The van der Waals surface area contributed by atoms with E-state index in [0.717, 1.165) is 23.5 Å². The summed E-state index contributed by atoms with van der Waals surface area (Å²) in [5, 5.41) is 10.7. The highest BCUT2D eigenvalue weighted by Gasteiger charge is 2.24. The van der Waals surface area contributed by atoms with E-state index in [1.165, 1.54) is 5.06 Å². The third-order valence-electron chi connectivity index (χ3n) is 2.99. The number of nitrogens with zero attached hydrogens (tertiary/aromatic N) is 1. The molecule has 5 heteroatoms. The molecule has 4 nitrogen and oxygen atoms in total. The maximum absolute atomic E-state index is 12.3. The minimum absolute atomic E-state index is 0.130. The van der Waals surface area contributed by atoms with Gasteiger partial charge in [0, 0.05) is 23.2 Å². The van der Waals surface area contributed by atoms with E-state index < -0.39 is 10.8 Å². The molecule has 0 aromatic heterocycles. The Morgan fingerprint density at radius 2 is 2.12 bits per heavy atom. The first kappa shape index (κ1) is 12.5. The van der Waals surface area contributed by atoms with Gasteiger partial charge < -0.3 is 9.94 Å². The van der Waals surface area contributed by atoms with Crippen LogP contribution in [0, 0.1) is 0 Å². The van der Waals surface area contributed by atoms with Gasteiger partial charge in [0.25, 0.3) is 0 Å². The second kappa shape index (κ2) is 5.62. The van der Waals surface area contributed by atoms with Gasteiger partial charge in [0.05, 0.1) is 17.9 Å². The predicted molar refractivity (Wildman–Crippen MR) is 65.8 cm³/mol. The fourth-order valence-corrected chi connectivity index (χ4v) is 3.44. The van der Waals surface area contributed by atoms with Crippen molar-refractivity contribution in [3.63, 3.8) is 0 Å². The van der Waals surface area contributed by atoms with Crippen LogP contribution in [-0.2, 0) is 10.8 Å². The maximum Gasteiger partial charge on any atom is 0.120 e. The van der Waals surface area contributed by atoms with Gasteiger partial charge in [-0.2, -0.15) is 5.06 Å². The van der Waals surface area contributed by atoms with Gasteiger partial charge >= 0.3 is 0 Å². The minimum Gasteiger partial charge on any atom is -0.497 e. The van der Waals surface area contributed by atoms with Crippen LogP contribution < -0.4 is 4.74 Å². The number of methoxy groups -OCH3 is 1. The highest BCUT2D eigenvalue weighted by Crippen LogP contribution is 2.23. The monoisotopic (exact) mass is 255 g/mol. The average Bonchev–Trinajstić information content (AvgIpc) is 2.39. The molecule has 1 fully saturated rings. The first-order valence-electron chi connectivity index (χ1n) is 5.69. The number of ether oxygens (including phenoxy) is 1. The van der Waals surface area contributed by atoms with Gasteiger partial charge in [0.15, 0.2) is 0 Å². The molecule has 0 saturated carbocycles. The van der Waals surface area contributed by atoms with Crippen molar-refractivity contribution in [2.75, 3.05) is 20.2 Å². The molecule has 1 aromatic rings. The molecule has 0 radical (unpaired) electrons. The quantitative estimate of drug-likeness (QED) is 0.892. The molecule has 1 N–H and O–H groups in total. The first-order chi connectivity index (χ1) is 8.20. The largest absolute Gasteiger partial charge is 0.497 e. The molecular formula is C12H17NO3S. The van der Waals surface area contributed by atoms with Gasteiger partial charge in [-0.1, -0.05) is 6.07 Å². The lowest BCUT2D eigenvalue weighted by Gasteiger charge is -2.26. The molecule has 1 aromatic carbocycles. The Bertz CT molecular complexity index is 402. The van der Waals surface area contributed by atoms with Crippen LogP contribution in [0.3, 0.4) is 0 Å². The Kier molecular flexibility index (Phi) is 4.15. The molecule has 1 aliphatic heterocycles. The maximum atomic E-state index is 12.3. The van der Waals surface area contributed by atoms with Gasteiger partial charge in [0.2, 0.25) is 0 Å². The molecule has 1 saturated heterocycles. The van der Waals surface area contributed by atoms with E-state index >= 15 is 0 Å². The molecule has 1 unspecified atom stereocenters. The van der Waals surface area contributed by atoms with Crippen molar-refractivity contribution in [2.24, 2.45) is 0 Å². The van der Waals surface area contributed by atoms with Crippen LogP contribution in [0.5, 0.6) is 5.75 Å². The van der Waals surface area contributed by atoms with Gasteiger partial charge in [-0.3, -0.25) is 4.21 Å². The zero-order chi connectivity index (χ0) is 12.3. The van der Waals surface area contributed by atoms with E-state index in [2.05, 4.69) is 0 Å². The molecule has 1 aliphatic rings. The summed E-state index contributed by atoms with van der Waals surface area (Å²) in [5.41, 5.74) is 0. The van der Waals surface area contributed by atoms with Crippen molar-refractivity contribution in [1.82, 2.24) is 5.06 Å². The van der Waals surface area contributed by atoms with Crippen LogP contribution in [-0.4, -0.2) is 39.9 Å². The van der Waals surface area contributed by atoms with E-state index in [-0.39, 0.29) is 5.25 Å². The summed E-state index contributed by atoms with van der Waals surface area (Å²) in [5.74, 6) is 0.732. The number of piperidine rings is 1. The van der Waals surface area contributed by atoms with Crippen LogP contribution in [0.25, 0.3) is 0 Å². The molecule has 0 spiro atoms. The molecular weight excluding hydrogens is 238 g/mol. The van der Waals surface area contributed by atoms with Crippen LogP contribution in [0.4, 0.5) is 0 Å². The fourth-order valence-electron chi connectivity index (χ4n) is 1.98. The Balaban J connectivity index is 2.08. The number of rotatable bonds is 3. The molecule has 94 valence electrons. The summed E-state index contributed by atoms with van der Waals surface area (Å²) in [7, 11) is 0.589. The molecule has 1 atom stereocenters. The molecule has 0 amide bonds. The molecule has 2 rings (SSSR count). The standard InChI is InChI=1S/C12H17NO3S/c1-16-10-3-2-4-12(9-10)17(15)11-5-7-13(14)8-6-11/h2-4,9,11,14H,5-8H2,1H3. The summed E-state index contributed by atoms with van der Waals surface area (Å²) in [6.45, 7) is 1.20. The molecule has 0 aliphatic carbocycles. The van der Waals surface area contributed by atoms with E-state index in [1.54, 1.807) is 7.11 Å². The Morgan fingerprint density at radius 1 is 1.41 bits per heavy atom. The zero-order valence-electron chi connectivity index (χ0n) is 9.83. The summed E-state index contributed by atoms with van der Waals surface area (Å²) in [6, 6.07) is 7.38. The van der Waals surface area contributed by atoms with Crippen molar-refractivity contribution in [3.05, 3.63) is 24.3 Å². The summed E-state index contributed by atoms with van der Waals surface area (Å²) in [6.07, 6.45) is 1.53. The lowest BCUT2D eigenvalue weighted by Crippen LogP contribution is -2.35. The second-order valence-electron chi connectivity index (χ2n) is 4.13. The van der Waals surface area contributed by atoms with Crippen LogP contribution in [0.15, 0.2) is 29.2 Å². The third kappa shape index (κ3) is 3.06. The molecule has 17 heavy (non-hydrogen) atoms. The van der Waals surface area contributed by atoms with Crippen LogP contribution >= 0.6 is 0 Å². The molecule has 1 heterocycles. The van der Waals surface area contributed by atoms with E-state index in [0.29, 0.717) is 13.1 Å². The normalized spacial score (nSPS) is 20.1. The smallest absolute Gasteiger partial charge is 0.120 e. The summed E-state index contributed by atoms with van der Waals surface area (Å²) < 4.78 is 17.5. The topological polar surface area (TPSA) is 49.8 Å². The van der Waals surface area contributed by atoms with E-state index in [9.17, 15) is 9.42 Å². The second-order valence-corrected chi connectivity index (χ2v) is 5.86. The predicted octanol–water partition coefficient (Wildman–Crippen LogP) is 1.66. The lowest BCUT2D eigenvalue weighted by atomic mass is 10.2. The Morgan fingerprint density at radius 3 is 2.76 bits per heavy atom. The number of hydroxylamine groups is 2. The minimum atomic E-state index is -1.01. The summed E-state index contributed by atoms with van der Waals surface area (Å²) >= 11 is 0. The average molecular weight is 255 g/mol. The highest BCUT2D eigenvalue weighted by atomic mass is 32.2. The van der Waals surface area contributed by atoms with Crippen molar-refractivity contribution >= 4 is 10.8 Å². The van der Waals surface area contributed by atoms with Crippen molar-refractivity contribution in [2.45, 2.75) is 23.0 Å². The van der Waals surface area contributed by atoms with E-state index in [1.807, 2.05) is 24.3 Å². The SMILES string of the molecule is COc1cccc(S(=O)C2CCN(O)CC2)c1. The van der Waals surface area contributed by atoms with Gasteiger partial charge in [-0.15, -0.1) is 0 Å². The van der Waals surface area contributed by atoms with Gasteiger partial charge in [-0.05, 0) is 31.0 Å². The van der Waals surface area contributed by atoms with Gasteiger partial charge in [-0.25, -0.2) is 0 Å². The first-order valence-corrected chi connectivity index (χ1v) is 6.90. The van der Waals surface area contributed by atoms with E-state index in [4.69, 9.17) is 4.74 Å². The van der Waals surface area contributed by atoms with Crippen LogP contribution in [0.2, 0.25) is 0 Å². The Labute approximate surface area is 104 Å². The van der Waals surface area contributed by atoms with Crippen molar-refractivity contribution < 1.29 is 14.2 Å². The Hall–Kier alpha value is -0.910. The number of hydrogen-bond acceptors (Lipinski definition) is 4. The highest BCUT2D eigenvalue weighted by molar-refractivity contribution is 7.85. The lowest BCUT2D eigenvalue weighted by molar-refractivity contribution is -0.102. The van der Waals surface area contributed by atoms with Crippen molar-refractivity contribution in [1.29, 1.82) is 0 Å². The van der Waals surface area contributed by atoms with Crippen molar-refractivity contribution in [3.8, 4) is 5.75 Å². The number of hydrogen-bond donors (Lipinski definition) is 1.